The summed E-state index contributed by atoms with van der Waals surface area (Å²) in [5, 5.41) is 5.54. The number of nitrogens with zero attached hydrogens (tertiary/aromatic N) is 4. The number of carbonyl (C=O) groups is 1. The SMILES string of the molecule is Cc1nc2c(F)cc(-c3nc(Nc4ccc(NC(=O)C5CCCCC5)c(F)c4)ncc3F)cc2n1C(C)C. The Labute approximate surface area is 218 Å². The molecule has 1 saturated carbocycles. The van der Waals surface area contributed by atoms with E-state index in [1.54, 1.807) is 19.1 Å². The third-order valence-corrected chi connectivity index (χ3v) is 6.92. The van der Waals surface area contributed by atoms with Crippen molar-refractivity contribution in [1.82, 2.24) is 19.5 Å². The minimum atomic E-state index is -0.728. The lowest BCUT2D eigenvalue weighted by Crippen LogP contribution is -2.25. The molecule has 2 N–H and O–H groups in total. The Morgan fingerprint density at radius 2 is 1.76 bits per heavy atom. The molecule has 1 aliphatic carbocycles. The van der Waals surface area contributed by atoms with Gasteiger partial charge >= 0.3 is 0 Å². The van der Waals surface area contributed by atoms with Gasteiger partial charge in [-0.2, -0.15) is 0 Å². The Kier molecular flexibility index (Phi) is 7.05. The van der Waals surface area contributed by atoms with Gasteiger partial charge in [-0.1, -0.05) is 19.3 Å². The molecule has 1 amide bonds. The lowest BCUT2D eigenvalue weighted by molar-refractivity contribution is -0.120. The second-order valence-corrected chi connectivity index (χ2v) is 9.98. The number of halogens is 3. The molecule has 0 atom stereocenters. The molecule has 2 heterocycles. The highest BCUT2D eigenvalue weighted by Crippen LogP contribution is 2.31. The number of nitrogens with one attached hydrogen (secondary N) is 2. The van der Waals surface area contributed by atoms with Gasteiger partial charge in [0.25, 0.3) is 0 Å². The zero-order valence-corrected chi connectivity index (χ0v) is 21.5. The fraction of sp³-hybridized carbons (Fsp3) is 0.357. The van der Waals surface area contributed by atoms with Gasteiger partial charge in [0.05, 0.1) is 17.4 Å². The van der Waals surface area contributed by atoms with Crippen LogP contribution in [0.5, 0.6) is 0 Å². The van der Waals surface area contributed by atoms with Crippen molar-refractivity contribution in [1.29, 1.82) is 0 Å². The van der Waals surface area contributed by atoms with Crippen LogP contribution in [0.1, 0.15) is 57.8 Å². The zero-order valence-electron chi connectivity index (χ0n) is 21.5. The van der Waals surface area contributed by atoms with Crippen molar-refractivity contribution in [2.24, 2.45) is 5.92 Å². The topological polar surface area (TPSA) is 84.7 Å². The standard InChI is InChI=1S/C28H29F3N6O/c1-15(2)37-16(3)33-26-21(30)11-18(12-24(26)37)25-22(31)14-32-28(36-25)34-19-9-10-23(20(29)13-19)35-27(38)17-7-5-4-6-8-17/h9-15,17H,4-8H2,1-3H3,(H,35,38)(H,32,34,36). The molecular formula is C28H29F3N6O. The van der Waals surface area contributed by atoms with E-state index in [9.17, 15) is 18.0 Å². The van der Waals surface area contributed by atoms with Crippen molar-refractivity contribution in [2.45, 2.75) is 58.9 Å². The van der Waals surface area contributed by atoms with Crippen LogP contribution in [0.2, 0.25) is 0 Å². The number of anilines is 3. The predicted molar refractivity (Wildman–Crippen MR) is 141 cm³/mol. The number of hydrogen-bond donors (Lipinski definition) is 2. The van der Waals surface area contributed by atoms with Gasteiger partial charge in [0.2, 0.25) is 11.9 Å². The molecule has 0 radical (unpaired) electrons. The van der Waals surface area contributed by atoms with Crippen LogP contribution in [0, 0.1) is 30.3 Å². The third-order valence-electron chi connectivity index (χ3n) is 6.92. The Balaban J connectivity index is 1.39. The second kappa shape index (κ2) is 10.4. The highest BCUT2D eigenvalue weighted by atomic mass is 19.1. The monoisotopic (exact) mass is 522 g/mol. The first-order valence-corrected chi connectivity index (χ1v) is 12.8. The average Bonchev–Trinajstić information content (AvgIpc) is 3.24. The summed E-state index contributed by atoms with van der Waals surface area (Å²) in [5.74, 6) is -1.54. The lowest BCUT2D eigenvalue weighted by atomic mass is 9.88. The minimum absolute atomic E-state index is 0.00819. The summed E-state index contributed by atoms with van der Waals surface area (Å²) in [6, 6.07) is 7.10. The number of aromatic nitrogens is 4. The fourth-order valence-corrected chi connectivity index (χ4v) is 5.11. The van der Waals surface area contributed by atoms with E-state index in [1.807, 2.05) is 18.4 Å². The average molecular weight is 523 g/mol. The largest absolute Gasteiger partial charge is 0.326 e. The van der Waals surface area contributed by atoms with Gasteiger partial charge in [-0.25, -0.2) is 28.1 Å². The molecular weight excluding hydrogens is 493 g/mol. The van der Waals surface area contributed by atoms with Crippen molar-refractivity contribution >= 4 is 34.3 Å². The Morgan fingerprint density at radius 3 is 2.47 bits per heavy atom. The van der Waals surface area contributed by atoms with E-state index in [0.29, 0.717) is 17.0 Å². The molecule has 1 aliphatic rings. The van der Waals surface area contributed by atoms with Crippen LogP contribution >= 0.6 is 0 Å². The number of hydrogen-bond acceptors (Lipinski definition) is 5. The van der Waals surface area contributed by atoms with E-state index < -0.39 is 17.5 Å². The first-order chi connectivity index (χ1) is 18.2. The molecule has 0 unspecified atom stereocenters. The Bertz CT molecular complexity index is 1510. The second-order valence-electron chi connectivity index (χ2n) is 9.98. The van der Waals surface area contributed by atoms with Gasteiger partial charge in [-0.15, -0.1) is 0 Å². The van der Waals surface area contributed by atoms with Gasteiger partial charge in [-0.05, 0) is 63.9 Å². The van der Waals surface area contributed by atoms with E-state index in [0.717, 1.165) is 38.3 Å². The van der Waals surface area contributed by atoms with Crippen molar-refractivity contribution in [3.05, 3.63) is 59.8 Å². The number of imidazole rings is 1. The van der Waals surface area contributed by atoms with Crippen LogP contribution in [0.3, 0.4) is 0 Å². The maximum Gasteiger partial charge on any atom is 0.227 e. The Hall–Kier alpha value is -3.95. The highest BCUT2D eigenvalue weighted by molar-refractivity contribution is 5.93. The molecule has 10 heteroatoms. The van der Waals surface area contributed by atoms with Crippen LogP contribution in [0.4, 0.5) is 30.5 Å². The van der Waals surface area contributed by atoms with Crippen molar-refractivity contribution < 1.29 is 18.0 Å². The van der Waals surface area contributed by atoms with Crippen LogP contribution in [0.25, 0.3) is 22.3 Å². The van der Waals surface area contributed by atoms with Gasteiger partial charge in [0, 0.05) is 23.2 Å². The van der Waals surface area contributed by atoms with E-state index >= 15 is 0 Å². The van der Waals surface area contributed by atoms with E-state index in [1.165, 1.54) is 18.2 Å². The smallest absolute Gasteiger partial charge is 0.227 e. The van der Waals surface area contributed by atoms with Crippen molar-refractivity contribution in [3.8, 4) is 11.3 Å². The first kappa shape index (κ1) is 25.7. The number of amides is 1. The van der Waals surface area contributed by atoms with Gasteiger partial charge in [0.15, 0.2) is 11.6 Å². The maximum atomic E-state index is 14.9. The molecule has 0 spiro atoms. The quantitative estimate of drug-likeness (QED) is 0.283. The van der Waals surface area contributed by atoms with Gasteiger partial charge < -0.3 is 15.2 Å². The summed E-state index contributed by atoms with van der Waals surface area (Å²) < 4.78 is 46.4. The number of fused-ring (bicyclic) bond motifs is 1. The lowest BCUT2D eigenvalue weighted by Gasteiger charge is -2.21. The Morgan fingerprint density at radius 1 is 1.00 bits per heavy atom. The van der Waals surface area contributed by atoms with Gasteiger partial charge in [-0.3, -0.25) is 4.79 Å². The summed E-state index contributed by atoms with van der Waals surface area (Å²) in [6.45, 7) is 5.70. The molecule has 198 valence electrons. The van der Waals surface area contributed by atoms with Crippen molar-refractivity contribution in [2.75, 3.05) is 10.6 Å². The third kappa shape index (κ3) is 5.07. The normalized spacial score (nSPS) is 14.3. The van der Waals surface area contributed by atoms with E-state index in [2.05, 4.69) is 25.6 Å². The number of aryl methyl sites for hydroxylation is 1. The first-order valence-electron chi connectivity index (χ1n) is 12.8. The van der Waals surface area contributed by atoms with Gasteiger partial charge in [0.1, 0.15) is 22.9 Å². The van der Waals surface area contributed by atoms with E-state index in [4.69, 9.17) is 0 Å². The number of benzene rings is 2. The van der Waals surface area contributed by atoms with Crippen molar-refractivity contribution in [3.63, 3.8) is 0 Å². The van der Waals surface area contributed by atoms with Crippen LogP contribution in [0.15, 0.2) is 36.5 Å². The molecule has 0 saturated heterocycles. The molecule has 7 nitrogen and oxygen atoms in total. The van der Waals surface area contributed by atoms with Crippen LogP contribution in [-0.2, 0) is 4.79 Å². The molecule has 38 heavy (non-hydrogen) atoms. The molecule has 1 fully saturated rings. The summed E-state index contributed by atoms with van der Waals surface area (Å²) in [5.41, 5.74) is 1.27. The summed E-state index contributed by atoms with van der Waals surface area (Å²) in [7, 11) is 0. The molecule has 4 aromatic rings. The number of rotatable bonds is 6. The zero-order chi connectivity index (χ0) is 27.0. The molecule has 2 aromatic heterocycles. The highest BCUT2D eigenvalue weighted by Gasteiger charge is 2.22. The van der Waals surface area contributed by atoms with E-state index in [-0.39, 0.29) is 46.3 Å². The van der Waals surface area contributed by atoms with Crippen LogP contribution < -0.4 is 10.6 Å². The molecule has 2 aromatic carbocycles. The molecule has 5 rings (SSSR count). The summed E-state index contributed by atoms with van der Waals surface area (Å²) >= 11 is 0. The molecule has 0 aliphatic heterocycles. The maximum absolute atomic E-state index is 14.9. The minimum Gasteiger partial charge on any atom is -0.326 e. The summed E-state index contributed by atoms with van der Waals surface area (Å²) in [4.78, 5) is 25.0. The predicted octanol–water partition coefficient (Wildman–Crippen LogP) is 7.06. The number of carbonyl (C=O) groups excluding carboxylic acids is 1. The fourth-order valence-electron chi connectivity index (χ4n) is 5.11. The summed E-state index contributed by atoms with van der Waals surface area (Å²) in [6.07, 6.45) is 5.74. The molecule has 0 bridgehead atoms. The van der Waals surface area contributed by atoms with Crippen LogP contribution in [-0.4, -0.2) is 25.4 Å².